The van der Waals surface area contributed by atoms with Crippen molar-refractivity contribution >= 4 is 0 Å². The third-order valence-corrected chi connectivity index (χ3v) is 5.72. The summed E-state index contributed by atoms with van der Waals surface area (Å²) in [6.07, 6.45) is 11.2. The monoisotopic (exact) mass is 252 g/mol. The summed E-state index contributed by atoms with van der Waals surface area (Å²) < 4.78 is 0. The first-order valence-electron chi connectivity index (χ1n) is 8.10. The molecule has 0 aromatic rings. The van der Waals surface area contributed by atoms with E-state index in [4.69, 9.17) is 0 Å². The minimum atomic E-state index is 0.457. The van der Waals surface area contributed by atoms with Crippen LogP contribution in [0.2, 0.25) is 0 Å². The van der Waals surface area contributed by atoms with Gasteiger partial charge in [0.2, 0.25) is 0 Å². The molecule has 1 aliphatic carbocycles. The topological polar surface area (TPSA) is 15.3 Å². The van der Waals surface area contributed by atoms with E-state index in [1.165, 1.54) is 64.5 Å². The molecule has 2 rings (SSSR count). The highest BCUT2D eigenvalue weighted by molar-refractivity contribution is 4.91. The van der Waals surface area contributed by atoms with E-state index >= 15 is 0 Å². The molecule has 0 bridgehead atoms. The van der Waals surface area contributed by atoms with Crippen LogP contribution >= 0.6 is 0 Å². The zero-order valence-corrected chi connectivity index (χ0v) is 12.7. The Labute approximate surface area is 114 Å². The normalized spacial score (nSPS) is 33.5. The Hall–Kier alpha value is -0.0800. The minimum Gasteiger partial charge on any atom is -0.314 e. The Morgan fingerprint density at radius 3 is 2.50 bits per heavy atom. The fraction of sp³-hybridized carbons (Fsp3) is 1.00. The minimum absolute atomic E-state index is 0.457. The number of nitrogens with zero attached hydrogens (tertiary/aromatic N) is 1. The van der Waals surface area contributed by atoms with Gasteiger partial charge in [-0.05, 0) is 58.5 Å². The van der Waals surface area contributed by atoms with Crippen molar-refractivity contribution in [3.63, 3.8) is 0 Å². The Bertz CT molecular complexity index is 245. The van der Waals surface area contributed by atoms with Crippen molar-refractivity contribution in [1.82, 2.24) is 10.2 Å². The number of hydrogen-bond acceptors (Lipinski definition) is 2. The number of nitrogens with one attached hydrogen (secondary N) is 1. The zero-order chi connectivity index (χ0) is 13.0. The number of piperidine rings is 1. The van der Waals surface area contributed by atoms with E-state index in [2.05, 4.69) is 31.1 Å². The second-order valence-electron chi connectivity index (χ2n) is 6.74. The average Bonchev–Trinajstić information content (AvgIpc) is 2.41. The Balaban J connectivity index is 1.85. The average molecular weight is 252 g/mol. The highest BCUT2D eigenvalue weighted by atomic mass is 15.2. The maximum atomic E-state index is 3.66. The number of likely N-dealkylation sites (tertiary alicyclic amines) is 1. The molecule has 18 heavy (non-hydrogen) atoms. The summed E-state index contributed by atoms with van der Waals surface area (Å²) in [6.45, 7) is 7.47. The standard InChI is InChI=1S/C16H32N2/c1-14-8-7-12-18(15(14)2)13-11-16(17-3)9-5-4-6-10-16/h14-15,17H,4-13H2,1-3H3. The van der Waals surface area contributed by atoms with Crippen molar-refractivity contribution in [2.45, 2.75) is 76.8 Å². The van der Waals surface area contributed by atoms with Crippen molar-refractivity contribution in [2.24, 2.45) is 5.92 Å². The highest BCUT2D eigenvalue weighted by Gasteiger charge is 2.32. The summed E-state index contributed by atoms with van der Waals surface area (Å²) in [6, 6.07) is 0.788. The summed E-state index contributed by atoms with van der Waals surface area (Å²) in [5.41, 5.74) is 0.457. The van der Waals surface area contributed by atoms with Crippen LogP contribution in [0.25, 0.3) is 0 Å². The predicted octanol–water partition coefficient (Wildman–Crippen LogP) is 3.42. The summed E-state index contributed by atoms with van der Waals surface area (Å²) in [7, 11) is 2.17. The smallest absolute Gasteiger partial charge is 0.0190 e. The van der Waals surface area contributed by atoms with Gasteiger partial charge in [-0.15, -0.1) is 0 Å². The molecule has 1 saturated carbocycles. The van der Waals surface area contributed by atoms with Crippen LogP contribution in [-0.2, 0) is 0 Å². The Morgan fingerprint density at radius 2 is 1.83 bits per heavy atom. The second kappa shape index (κ2) is 6.38. The summed E-state index contributed by atoms with van der Waals surface area (Å²) in [4.78, 5) is 2.74. The molecule has 0 aromatic carbocycles. The van der Waals surface area contributed by atoms with E-state index in [1.54, 1.807) is 0 Å². The molecule has 1 N–H and O–H groups in total. The summed E-state index contributed by atoms with van der Waals surface area (Å²) in [5.74, 6) is 0.885. The van der Waals surface area contributed by atoms with Gasteiger partial charge in [-0.1, -0.05) is 26.2 Å². The van der Waals surface area contributed by atoms with Gasteiger partial charge in [-0.25, -0.2) is 0 Å². The van der Waals surface area contributed by atoms with E-state index in [1.807, 2.05) is 0 Å². The van der Waals surface area contributed by atoms with Crippen molar-refractivity contribution < 1.29 is 0 Å². The lowest BCUT2D eigenvalue weighted by atomic mass is 9.79. The zero-order valence-electron chi connectivity index (χ0n) is 12.7. The molecule has 106 valence electrons. The quantitative estimate of drug-likeness (QED) is 0.825. The molecule has 2 fully saturated rings. The molecule has 0 spiro atoms. The van der Waals surface area contributed by atoms with Crippen LogP contribution in [0.3, 0.4) is 0 Å². The molecule has 1 saturated heterocycles. The fourth-order valence-electron chi connectivity index (χ4n) is 3.95. The van der Waals surface area contributed by atoms with E-state index < -0.39 is 0 Å². The van der Waals surface area contributed by atoms with Crippen LogP contribution in [0.4, 0.5) is 0 Å². The maximum absolute atomic E-state index is 3.66. The molecule has 0 amide bonds. The van der Waals surface area contributed by atoms with E-state index in [9.17, 15) is 0 Å². The van der Waals surface area contributed by atoms with E-state index in [0.29, 0.717) is 5.54 Å². The first-order chi connectivity index (χ1) is 8.67. The summed E-state index contributed by atoms with van der Waals surface area (Å²) in [5, 5.41) is 3.66. The number of hydrogen-bond donors (Lipinski definition) is 1. The molecular weight excluding hydrogens is 220 g/mol. The first-order valence-corrected chi connectivity index (χ1v) is 8.10. The van der Waals surface area contributed by atoms with Crippen molar-refractivity contribution in [1.29, 1.82) is 0 Å². The van der Waals surface area contributed by atoms with Crippen molar-refractivity contribution in [3.05, 3.63) is 0 Å². The van der Waals surface area contributed by atoms with Crippen molar-refractivity contribution in [3.8, 4) is 0 Å². The molecular formula is C16H32N2. The fourth-order valence-corrected chi connectivity index (χ4v) is 3.95. The van der Waals surface area contributed by atoms with Gasteiger partial charge in [0, 0.05) is 18.1 Å². The molecule has 2 nitrogen and oxygen atoms in total. The van der Waals surface area contributed by atoms with Crippen LogP contribution in [0.1, 0.15) is 65.2 Å². The number of rotatable bonds is 4. The van der Waals surface area contributed by atoms with Gasteiger partial charge >= 0.3 is 0 Å². The second-order valence-corrected chi connectivity index (χ2v) is 6.74. The third kappa shape index (κ3) is 3.27. The van der Waals surface area contributed by atoms with Gasteiger partial charge in [-0.3, -0.25) is 0 Å². The van der Waals surface area contributed by atoms with Crippen LogP contribution in [-0.4, -0.2) is 36.6 Å². The molecule has 2 unspecified atom stereocenters. The molecule has 1 aliphatic heterocycles. The first kappa shape index (κ1) is 14.3. The molecule has 0 radical (unpaired) electrons. The SMILES string of the molecule is CNC1(CCN2CCCC(C)C2C)CCCCC1. The lowest BCUT2D eigenvalue weighted by Crippen LogP contribution is -2.50. The van der Waals surface area contributed by atoms with Crippen LogP contribution in [0.5, 0.6) is 0 Å². The van der Waals surface area contributed by atoms with E-state index in [0.717, 1.165) is 12.0 Å². The third-order valence-electron chi connectivity index (χ3n) is 5.72. The van der Waals surface area contributed by atoms with Gasteiger partial charge in [0.25, 0.3) is 0 Å². The maximum Gasteiger partial charge on any atom is 0.0190 e. The lowest BCUT2D eigenvalue weighted by Gasteiger charge is -2.42. The van der Waals surface area contributed by atoms with Crippen LogP contribution < -0.4 is 5.32 Å². The largest absolute Gasteiger partial charge is 0.314 e. The van der Waals surface area contributed by atoms with Crippen LogP contribution in [0, 0.1) is 5.92 Å². The molecule has 2 aliphatic rings. The van der Waals surface area contributed by atoms with E-state index in [-0.39, 0.29) is 0 Å². The molecule has 2 atom stereocenters. The predicted molar refractivity (Wildman–Crippen MR) is 78.9 cm³/mol. The van der Waals surface area contributed by atoms with Crippen LogP contribution in [0.15, 0.2) is 0 Å². The molecule has 2 heteroatoms. The molecule has 0 aromatic heterocycles. The van der Waals surface area contributed by atoms with Gasteiger partial charge < -0.3 is 10.2 Å². The van der Waals surface area contributed by atoms with Gasteiger partial charge in [0.15, 0.2) is 0 Å². The molecule has 1 heterocycles. The Kier molecular flexibility index (Phi) is 5.08. The van der Waals surface area contributed by atoms with Gasteiger partial charge in [-0.2, -0.15) is 0 Å². The van der Waals surface area contributed by atoms with Gasteiger partial charge in [0.1, 0.15) is 0 Å². The summed E-state index contributed by atoms with van der Waals surface area (Å²) >= 11 is 0. The highest BCUT2D eigenvalue weighted by Crippen LogP contribution is 2.32. The lowest BCUT2D eigenvalue weighted by molar-refractivity contribution is 0.0932. The Morgan fingerprint density at radius 1 is 1.11 bits per heavy atom. The van der Waals surface area contributed by atoms with Crippen molar-refractivity contribution in [2.75, 3.05) is 20.1 Å². The van der Waals surface area contributed by atoms with Gasteiger partial charge in [0.05, 0.1) is 0 Å².